The van der Waals surface area contributed by atoms with E-state index in [0.29, 0.717) is 6.42 Å². The van der Waals surface area contributed by atoms with E-state index in [0.717, 1.165) is 80.8 Å². The number of aryl methyl sites for hydroxylation is 2. The molecule has 0 saturated carbocycles. The Bertz CT molecular complexity index is 828. The summed E-state index contributed by atoms with van der Waals surface area (Å²) in [6.45, 7) is 14.7. The number of hydrogen-bond acceptors (Lipinski definition) is 7. The number of nitrogens with zero attached hydrogens (tertiary/aromatic N) is 4. The van der Waals surface area contributed by atoms with Crippen LogP contribution in [0.15, 0.2) is 0 Å². The summed E-state index contributed by atoms with van der Waals surface area (Å²) in [7, 11) is 0. The summed E-state index contributed by atoms with van der Waals surface area (Å²) < 4.78 is 5.44. The maximum atomic E-state index is 12.2. The molecule has 160 valence electrons. The van der Waals surface area contributed by atoms with Gasteiger partial charge in [-0.1, -0.05) is 0 Å². The van der Waals surface area contributed by atoms with Crippen LogP contribution in [0.3, 0.4) is 0 Å². The molecule has 0 aliphatic carbocycles. The van der Waals surface area contributed by atoms with E-state index in [2.05, 4.69) is 24.1 Å². The quantitative estimate of drug-likeness (QED) is 0.630. The number of nitrogens with one attached hydrogen (secondary N) is 1. The maximum Gasteiger partial charge on any atom is 0.222 e. The molecule has 2 aromatic heterocycles. The highest BCUT2D eigenvalue weighted by atomic mass is 32.1. The number of aromatic nitrogens is 2. The van der Waals surface area contributed by atoms with Gasteiger partial charge in [0.2, 0.25) is 5.91 Å². The van der Waals surface area contributed by atoms with Crippen LogP contribution in [0.4, 0.5) is 5.82 Å². The monoisotopic (exact) mass is 419 g/mol. The second-order valence-electron chi connectivity index (χ2n) is 7.44. The molecule has 0 unspecified atom stereocenters. The van der Waals surface area contributed by atoms with Crippen molar-refractivity contribution in [3.8, 4) is 0 Å². The van der Waals surface area contributed by atoms with E-state index in [-0.39, 0.29) is 5.91 Å². The van der Waals surface area contributed by atoms with Crippen LogP contribution in [0.5, 0.6) is 0 Å². The molecule has 0 spiro atoms. The molecule has 7 nitrogen and oxygen atoms in total. The number of thiophene rings is 1. The van der Waals surface area contributed by atoms with Gasteiger partial charge in [0.05, 0.1) is 25.1 Å². The van der Waals surface area contributed by atoms with Crippen LogP contribution in [0, 0.1) is 13.8 Å². The van der Waals surface area contributed by atoms with Crippen molar-refractivity contribution < 1.29 is 9.53 Å². The van der Waals surface area contributed by atoms with E-state index in [4.69, 9.17) is 14.7 Å². The molecule has 1 saturated heterocycles. The Morgan fingerprint density at radius 2 is 1.93 bits per heavy atom. The SMILES string of the molecule is CCN(CC)C(=O)CCCNc1nc(CN2CCOCC2)nc2sc(C)c(C)c12. The summed E-state index contributed by atoms with van der Waals surface area (Å²) in [6.07, 6.45) is 1.35. The molecule has 2 aromatic rings. The standard InChI is InChI=1S/C21H33N5O2S/c1-5-26(6-2)18(27)8-7-9-22-20-19-15(3)16(4)29-21(19)24-17(23-20)14-25-10-12-28-13-11-25/h5-14H2,1-4H3,(H,22,23,24). The van der Waals surface area contributed by atoms with Crippen molar-refractivity contribution >= 4 is 33.3 Å². The smallest absolute Gasteiger partial charge is 0.222 e. The molecule has 1 aliphatic rings. The molecule has 1 N–H and O–H groups in total. The molecule has 0 atom stereocenters. The average molecular weight is 420 g/mol. The van der Waals surface area contributed by atoms with Gasteiger partial charge in [0.1, 0.15) is 16.5 Å². The number of anilines is 1. The van der Waals surface area contributed by atoms with Gasteiger partial charge in [-0.3, -0.25) is 9.69 Å². The van der Waals surface area contributed by atoms with Crippen LogP contribution in [0.2, 0.25) is 0 Å². The molecule has 3 rings (SSSR count). The third-order valence-corrected chi connectivity index (χ3v) is 6.62. The van der Waals surface area contributed by atoms with Crippen molar-refractivity contribution in [3.63, 3.8) is 0 Å². The largest absolute Gasteiger partial charge is 0.379 e. The number of fused-ring (bicyclic) bond motifs is 1. The Kier molecular flexibility index (Phi) is 7.80. The molecule has 1 aliphatic heterocycles. The Morgan fingerprint density at radius 3 is 2.62 bits per heavy atom. The molecule has 1 fully saturated rings. The minimum absolute atomic E-state index is 0.222. The first-order valence-corrected chi connectivity index (χ1v) is 11.4. The van der Waals surface area contributed by atoms with Crippen LogP contribution in [-0.2, 0) is 16.1 Å². The lowest BCUT2D eigenvalue weighted by atomic mass is 10.2. The lowest BCUT2D eigenvalue weighted by molar-refractivity contribution is -0.130. The predicted molar refractivity (Wildman–Crippen MR) is 119 cm³/mol. The zero-order valence-corrected chi connectivity index (χ0v) is 18.9. The van der Waals surface area contributed by atoms with Gasteiger partial charge < -0.3 is 15.0 Å². The Labute approximate surface area is 177 Å². The van der Waals surface area contributed by atoms with Crippen LogP contribution in [0.1, 0.15) is 43.0 Å². The van der Waals surface area contributed by atoms with Crippen molar-refractivity contribution in [2.75, 3.05) is 51.3 Å². The maximum absolute atomic E-state index is 12.2. The lowest BCUT2D eigenvalue weighted by Gasteiger charge is -2.25. The number of carbonyl (C=O) groups is 1. The molecule has 29 heavy (non-hydrogen) atoms. The third-order valence-electron chi connectivity index (χ3n) is 5.52. The topological polar surface area (TPSA) is 70.6 Å². The van der Waals surface area contributed by atoms with E-state index >= 15 is 0 Å². The lowest BCUT2D eigenvalue weighted by Crippen LogP contribution is -2.36. The second kappa shape index (κ2) is 10.3. The van der Waals surface area contributed by atoms with E-state index in [9.17, 15) is 4.79 Å². The van der Waals surface area contributed by atoms with E-state index in [1.165, 1.54) is 10.4 Å². The summed E-state index contributed by atoms with van der Waals surface area (Å²) in [5.74, 6) is 1.97. The zero-order valence-electron chi connectivity index (χ0n) is 18.1. The fourth-order valence-corrected chi connectivity index (χ4v) is 4.68. The van der Waals surface area contributed by atoms with Gasteiger partial charge in [-0.25, -0.2) is 9.97 Å². The van der Waals surface area contributed by atoms with Crippen LogP contribution in [-0.4, -0.2) is 71.6 Å². The first-order valence-electron chi connectivity index (χ1n) is 10.6. The summed E-state index contributed by atoms with van der Waals surface area (Å²) in [6, 6.07) is 0. The van der Waals surface area contributed by atoms with Crippen LogP contribution in [0.25, 0.3) is 10.2 Å². The third kappa shape index (κ3) is 5.43. The number of ether oxygens (including phenoxy) is 1. The van der Waals surface area contributed by atoms with Gasteiger partial charge in [-0.2, -0.15) is 0 Å². The van der Waals surface area contributed by atoms with Crippen molar-refractivity contribution in [2.24, 2.45) is 0 Å². The fourth-order valence-electron chi connectivity index (χ4n) is 3.63. The Balaban J connectivity index is 1.70. The van der Waals surface area contributed by atoms with E-state index < -0.39 is 0 Å². The summed E-state index contributed by atoms with van der Waals surface area (Å²) in [5.41, 5.74) is 1.24. The highest BCUT2D eigenvalue weighted by Gasteiger charge is 2.18. The average Bonchev–Trinajstić information content (AvgIpc) is 3.00. The molecule has 1 amide bonds. The van der Waals surface area contributed by atoms with Crippen LogP contribution >= 0.6 is 11.3 Å². The zero-order chi connectivity index (χ0) is 20.8. The molecule has 0 aromatic carbocycles. The minimum atomic E-state index is 0.222. The van der Waals surface area contributed by atoms with Crippen molar-refractivity contribution in [1.29, 1.82) is 0 Å². The van der Waals surface area contributed by atoms with Gasteiger partial charge in [0.25, 0.3) is 0 Å². The first-order chi connectivity index (χ1) is 14.0. The van der Waals surface area contributed by atoms with E-state index in [1.54, 1.807) is 11.3 Å². The molecule has 0 bridgehead atoms. The van der Waals surface area contributed by atoms with Gasteiger partial charge >= 0.3 is 0 Å². The van der Waals surface area contributed by atoms with Gasteiger partial charge in [-0.15, -0.1) is 11.3 Å². The Morgan fingerprint density at radius 1 is 1.21 bits per heavy atom. The van der Waals surface area contributed by atoms with E-state index in [1.807, 2.05) is 18.7 Å². The molecule has 0 radical (unpaired) electrons. The van der Waals surface area contributed by atoms with Crippen molar-refractivity contribution in [1.82, 2.24) is 19.8 Å². The number of morpholine rings is 1. The first kappa shape index (κ1) is 21.9. The van der Waals surface area contributed by atoms with Gasteiger partial charge in [0, 0.05) is 44.0 Å². The highest BCUT2D eigenvalue weighted by molar-refractivity contribution is 7.18. The molecular weight excluding hydrogens is 386 g/mol. The summed E-state index contributed by atoms with van der Waals surface area (Å²) in [5, 5.41) is 4.61. The highest BCUT2D eigenvalue weighted by Crippen LogP contribution is 2.33. The molecule has 8 heteroatoms. The summed E-state index contributed by atoms with van der Waals surface area (Å²) >= 11 is 1.73. The van der Waals surface area contributed by atoms with Gasteiger partial charge in [0.15, 0.2) is 0 Å². The van der Waals surface area contributed by atoms with Crippen molar-refractivity contribution in [2.45, 2.75) is 47.1 Å². The Hall–Kier alpha value is -1.77. The number of carbonyl (C=O) groups excluding carboxylic acids is 1. The second-order valence-corrected chi connectivity index (χ2v) is 8.64. The van der Waals surface area contributed by atoms with Crippen molar-refractivity contribution in [3.05, 3.63) is 16.3 Å². The van der Waals surface area contributed by atoms with Gasteiger partial charge in [-0.05, 0) is 39.7 Å². The molecule has 3 heterocycles. The number of hydrogen-bond donors (Lipinski definition) is 1. The predicted octanol–water partition coefficient (Wildman–Crippen LogP) is 3.20. The number of amides is 1. The number of rotatable bonds is 9. The minimum Gasteiger partial charge on any atom is -0.379 e. The fraction of sp³-hybridized carbons (Fsp3) is 0.667. The summed E-state index contributed by atoms with van der Waals surface area (Å²) in [4.78, 5) is 28.5. The normalized spacial score (nSPS) is 15.0. The molecular formula is C21H33N5O2S. The van der Waals surface area contributed by atoms with Crippen LogP contribution < -0.4 is 5.32 Å².